The van der Waals surface area contributed by atoms with Gasteiger partial charge in [-0.2, -0.15) is 4.98 Å². The highest BCUT2D eigenvalue weighted by atomic mass is 35.5. The maximum Gasteiger partial charge on any atom is 0.258 e. The molecule has 3 aromatic rings. The van der Waals surface area contributed by atoms with E-state index in [0.717, 1.165) is 35.4 Å². The monoisotopic (exact) mass is 466 g/mol. The maximum absolute atomic E-state index is 6.16. The summed E-state index contributed by atoms with van der Waals surface area (Å²) in [5, 5.41) is 9.09. The Labute approximate surface area is 199 Å². The van der Waals surface area contributed by atoms with Gasteiger partial charge in [-0.25, -0.2) is 0 Å². The molecule has 32 heavy (non-hydrogen) atoms. The van der Waals surface area contributed by atoms with Crippen molar-refractivity contribution in [1.29, 1.82) is 0 Å². The molecule has 4 rings (SSSR count). The summed E-state index contributed by atoms with van der Waals surface area (Å²) in [6.45, 7) is 9.38. The number of hydrogen-bond donors (Lipinski definition) is 1. The molecule has 0 bridgehead atoms. The Hall–Kier alpha value is -2.70. The van der Waals surface area contributed by atoms with E-state index in [0.29, 0.717) is 27.8 Å². The molecule has 2 heterocycles. The van der Waals surface area contributed by atoms with E-state index in [2.05, 4.69) is 67.3 Å². The highest BCUT2D eigenvalue weighted by molar-refractivity contribution is 7.80. The summed E-state index contributed by atoms with van der Waals surface area (Å²) >= 11 is 11.9. The third kappa shape index (κ3) is 4.57. The molecule has 0 saturated carbocycles. The zero-order valence-corrected chi connectivity index (χ0v) is 20.3. The Morgan fingerprint density at radius 3 is 2.59 bits per heavy atom. The van der Waals surface area contributed by atoms with Crippen molar-refractivity contribution in [1.82, 2.24) is 20.4 Å². The van der Waals surface area contributed by atoms with Crippen molar-refractivity contribution < 1.29 is 4.52 Å². The van der Waals surface area contributed by atoms with Crippen LogP contribution in [0.15, 0.2) is 58.8 Å². The van der Waals surface area contributed by atoms with Gasteiger partial charge >= 0.3 is 0 Å². The topological polar surface area (TPSA) is 54.2 Å². The molecule has 0 radical (unpaired) electrons. The van der Waals surface area contributed by atoms with E-state index in [4.69, 9.17) is 33.3 Å². The van der Waals surface area contributed by atoms with E-state index in [9.17, 15) is 0 Å². The molecule has 0 amide bonds. The number of thiocarbonyl (C=S) groups is 1. The van der Waals surface area contributed by atoms with Gasteiger partial charge in [0, 0.05) is 22.8 Å². The fourth-order valence-corrected chi connectivity index (χ4v) is 4.44. The second-order valence-corrected chi connectivity index (χ2v) is 9.24. The second-order valence-electron chi connectivity index (χ2n) is 8.41. The standard InChI is InChI=1S/C25H27ClN4OS/c1-5-17-9-11-18(12-10-17)22-21(16(4)30(14-15(2)3)25(32)27-22)24-28-23(29-31-24)19-7-6-8-20(26)13-19/h6-13,15,22H,5,14H2,1-4H3,(H,27,32). The Morgan fingerprint density at radius 1 is 1.19 bits per heavy atom. The average molecular weight is 467 g/mol. The van der Waals surface area contributed by atoms with Gasteiger partial charge < -0.3 is 14.7 Å². The highest BCUT2D eigenvalue weighted by Gasteiger charge is 2.34. The number of aromatic nitrogens is 2. The molecule has 166 valence electrons. The lowest BCUT2D eigenvalue weighted by atomic mass is 9.93. The van der Waals surface area contributed by atoms with Crippen LogP contribution in [0.2, 0.25) is 5.02 Å². The smallest absolute Gasteiger partial charge is 0.258 e. The normalized spacial score (nSPS) is 16.6. The van der Waals surface area contributed by atoms with Crippen LogP contribution in [0.4, 0.5) is 0 Å². The van der Waals surface area contributed by atoms with E-state index >= 15 is 0 Å². The fraction of sp³-hybridized carbons (Fsp3) is 0.320. The average Bonchev–Trinajstić information content (AvgIpc) is 3.26. The molecule has 5 nitrogen and oxygen atoms in total. The number of nitrogens with zero attached hydrogens (tertiary/aromatic N) is 3. The van der Waals surface area contributed by atoms with Gasteiger partial charge in [0.15, 0.2) is 5.11 Å². The lowest BCUT2D eigenvalue weighted by Gasteiger charge is -2.38. The van der Waals surface area contributed by atoms with E-state index in [1.54, 1.807) is 0 Å². The fourth-order valence-electron chi connectivity index (χ4n) is 3.92. The number of nitrogens with one attached hydrogen (secondary N) is 1. The van der Waals surface area contributed by atoms with Gasteiger partial charge in [0.2, 0.25) is 5.82 Å². The zero-order valence-electron chi connectivity index (χ0n) is 18.7. The Bertz CT molecular complexity index is 1150. The first-order valence-corrected chi connectivity index (χ1v) is 11.6. The van der Waals surface area contributed by atoms with E-state index in [-0.39, 0.29) is 6.04 Å². The van der Waals surface area contributed by atoms with Gasteiger partial charge in [0.1, 0.15) is 0 Å². The molecule has 1 unspecified atom stereocenters. The van der Waals surface area contributed by atoms with Crippen molar-refractivity contribution in [2.75, 3.05) is 6.54 Å². The van der Waals surface area contributed by atoms with Crippen LogP contribution in [-0.2, 0) is 6.42 Å². The first kappa shape index (κ1) is 22.5. The molecule has 2 aromatic carbocycles. The molecular weight excluding hydrogens is 440 g/mol. The summed E-state index contributed by atoms with van der Waals surface area (Å²) in [5.41, 5.74) is 5.16. The van der Waals surface area contributed by atoms with E-state index in [1.165, 1.54) is 5.56 Å². The van der Waals surface area contributed by atoms with E-state index < -0.39 is 0 Å². The zero-order chi connectivity index (χ0) is 22.8. The molecule has 0 aliphatic carbocycles. The third-order valence-electron chi connectivity index (χ3n) is 5.60. The summed E-state index contributed by atoms with van der Waals surface area (Å²) in [7, 11) is 0. The van der Waals surface area contributed by atoms with E-state index in [1.807, 2.05) is 24.3 Å². The maximum atomic E-state index is 6.16. The summed E-state index contributed by atoms with van der Waals surface area (Å²) in [6, 6.07) is 15.9. The molecule has 0 spiro atoms. The second kappa shape index (κ2) is 9.43. The summed E-state index contributed by atoms with van der Waals surface area (Å²) in [4.78, 5) is 6.86. The van der Waals surface area contributed by atoms with Crippen LogP contribution in [0.5, 0.6) is 0 Å². The van der Waals surface area contributed by atoms with Crippen molar-refractivity contribution in [2.45, 2.75) is 40.2 Å². The largest absolute Gasteiger partial charge is 0.351 e. The van der Waals surface area contributed by atoms with Gasteiger partial charge in [-0.15, -0.1) is 0 Å². The van der Waals surface area contributed by atoms with Crippen LogP contribution in [-0.4, -0.2) is 26.7 Å². The minimum Gasteiger partial charge on any atom is -0.351 e. The molecular formula is C25H27ClN4OS. The summed E-state index contributed by atoms with van der Waals surface area (Å²) in [5.74, 6) is 1.42. The lowest BCUT2D eigenvalue weighted by molar-refractivity contribution is 0.386. The molecule has 1 aliphatic rings. The Morgan fingerprint density at radius 2 is 1.94 bits per heavy atom. The number of rotatable bonds is 6. The van der Waals surface area contributed by atoms with Crippen molar-refractivity contribution in [3.8, 4) is 11.4 Å². The number of aryl methyl sites for hydroxylation is 1. The first-order chi connectivity index (χ1) is 15.4. The molecule has 1 atom stereocenters. The number of hydrogen-bond acceptors (Lipinski definition) is 4. The van der Waals surface area contributed by atoms with Crippen molar-refractivity contribution in [2.24, 2.45) is 5.92 Å². The van der Waals surface area contributed by atoms with Gasteiger partial charge in [-0.05, 0) is 54.7 Å². The van der Waals surface area contributed by atoms with Gasteiger partial charge in [0.25, 0.3) is 5.89 Å². The highest BCUT2D eigenvalue weighted by Crippen LogP contribution is 2.37. The molecule has 1 aromatic heterocycles. The Kier molecular flexibility index (Phi) is 6.63. The van der Waals surface area contributed by atoms with Crippen LogP contribution in [0.25, 0.3) is 17.0 Å². The van der Waals surface area contributed by atoms with Gasteiger partial charge in [-0.1, -0.05) is 73.9 Å². The minimum absolute atomic E-state index is 0.176. The molecule has 1 N–H and O–H groups in total. The minimum atomic E-state index is -0.176. The SMILES string of the molecule is CCc1ccc(C2NC(=S)N(CC(C)C)C(C)=C2c2nc(-c3cccc(Cl)c3)no2)cc1. The Balaban J connectivity index is 1.80. The van der Waals surface area contributed by atoms with Crippen LogP contribution < -0.4 is 5.32 Å². The third-order valence-corrected chi connectivity index (χ3v) is 6.18. The number of allylic oxidation sites excluding steroid dienone is 1. The lowest BCUT2D eigenvalue weighted by Crippen LogP contribution is -2.47. The van der Waals surface area contributed by atoms with Crippen LogP contribution in [0, 0.1) is 5.92 Å². The summed E-state index contributed by atoms with van der Waals surface area (Å²) in [6.07, 6.45) is 0.993. The number of benzene rings is 2. The van der Waals surface area contributed by atoms with Crippen molar-refractivity contribution >= 4 is 34.5 Å². The van der Waals surface area contributed by atoms with Crippen LogP contribution >= 0.6 is 23.8 Å². The first-order valence-electron chi connectivity index (χ1n) is 10.8. The molecule has 1 aliphatic heterocycles. The van der Waals surface area contributed by atoms with Gasteiger partial charge in [0.05, 0.1) is 11.6 Å². The summed E-state index contributed by atoms with van der Waals surface area (Å²) < 4.78 is 5.78. The predicted molar refractivity (Wildman–Crippen MR) is 133 cm³/mol. The quantitative estimate of drug-likeness (QED) is 0.432. The molecule has 7 heteroatoms. The number of halogens is 1. The van der Waals surface area contributed by atoms with Gasteiger partial charge in [-0.3, -0.25) is 0 Å². The molecule has 0 fully saturated rings. The predicted octanol–water partition coefficient (Wildman–Crippen LogP) is 6.27. The molecule has 0 saturated heterocycles. The van der Waals surface area contributed by atoms with Crippen molar-refractivity contribution in [3.63, 3.8) is 0 Å². The van der Waals surface area contributed by atoms with Crippen molar-refractivity contribution in [3.05, 3.63) is 76.3 Å². The van der Waals surface area contributed by atoms with Crippen LogP contribution in [0.3, 0.4) is 0 Å². The van der Waals surface area contributed by atoms with Crippen LogP contribution in [0.1, 0.15) is 50.8 Å².